The second-order valence-electron chi connectivity index (χ2n) is 5.62. The Kier molecular flexibility index (Phi) is 4.17. The van der Waals surface area contributed by atoms with E-state index in [1.54, 1.807) is 0 Å². The van der Waals surface area contributed by atoms with Gasteiger partial charge in [-0.25, -0.2) is 4.98 Å². The summed E-state index contributed by atoms with van der Waals surface area (Å²) in [5.41, 5.74) is 8.30. The Bertz CT molecular complexity index is 622. The van der Waals surface area contributed by atoms with E-state index in [1.165, 1.54) is 5.56 Å². The maximum atomic E-state index is 6.48. The van der Waals surface area contributed by atoms with E-state index in [1.807, 2.05) is 18.5 Å². The molecule has 0 amide bonds. The molecule has 112 valence electrons. The van der Waals surface area contributed by atoms with Crippen molar-refractivity contribution >= 4 is 17.3 Å². The van der Waals surface area contributed by atoms with Crippen LogP contribution in [0.25, 0.3) is 0 Å². The average molecular weight is 305 g/mol. The summed E-state index contributed by atoms with van der Waals surface area (Å²) >= 11 is 6.48. The Hall–Kier alpha value is -1.52. The number of halogens is 1. The smallest absolute Gasteiger partial charge is 0.128 e. The van der Waals surface area contributed by atoms with E-state index in [9.17, 15) is 0 Å². The summed E-state index contributed by atoms with van der Waals surface area (Å²) in [5, 5.41) is 0.802. The molecule has 1 aliphatic heterocycles. The van der Waals surface area contributed by atoms with Crippen LogP contribution in [0.2, 0.25) is 5.02 Å². The van der Waals surface area contributed by atoms with Gasteiger partial charge in [0.05, 0.1) is 17.3 Å². The minimum absolute atomic E-state index is 0.203. The Morgan fingerprint density at radius 3 is 3.00 bits per heavy atom. The third kappa shape index (κ3) is 3.06. The van der Waals surface area contributed by atoms with Crippen LogP contribution in [-0.4, -0.2) is 22.1 Å². The van der Waals surface area contributed by atoms with E-state index in [4.69, 9.17) is 17.3 Å². The average Bonchev–Trinajstić information content (AvgIpc) is 2.94. The molecule has 0 fully saturated rings. The highest BCUT2D eigenvalue weighted by Gasteiger charge is 2.19. The van der Waals surface area contributed by atoms with Crippen LogP contribution in [0.15, 0.2) is 30.6 Å². The number of nitrogens with two attached hydrogens (primary N) is 1. The third-order valence-corrected chi connectivity index (χ3v) is 4.42. The van der Waals surface area contributed by atoms with Crippen LogP contribution in [0.5, 0.6) is 0 Å². The van der Waals surface area contributed by atoms with Gasteiger partial charge in [0.2, 0.25) is 0 Å². The van der Waals surface area contributed by atoms with E-state index in [2.05, 4.69) is 33.5 Å². The zero-order valence-electron chi connectivity index (χ0n) is 12.3. The van der Waals surface area contributed by atoms with Gasteiger partial charge in [-0.15, -0.1) is 0 Å². The zero-order valence-corrected chi connectivity index (χ0v) is 13.1. The lowest BCUT2D eigenvalue weighted by atomic mass is 10.0. The fourth-order valence-corrected chi connectivity index (χ4v) is 3.08. The normalized spacial score (nSPS) is 15.9. The van der Waals surface area contributed by atoms with E-state index in [0.29, 0.717) is 0 Å². The molecule has 2 aromatic rings. The molecule has 0 saturated carbocycles. The number of aromatic nitrogens is 2. The van der Waals surface area contributed by atoms with Crippen LogP contribution in [0.3, 0.4) is 0 Å². The Labute approximate surface area is 130 Å². The first-order valence-electron chi connectivity index (χ1n) is 7.46. The maximum Gasteiger partial charge on any atom is 0.128 e. The number of nitrogens with zero attached hydrogens (tertiary/aromatic N) is 3. The van der Waals surface area contributed by atoms with Crippen molar-refractivity contribution in [3.05, 3.63) is 47.0 Å². The van der Waals surface area contributed by atoms with E-state index in [-0.39, 0.29) is 6.04 Å². The number of rotatable bonds is 4. The fourth-order valence-electron chi connectivity index (χ4n) is 2.76. The number of fused-ring (bicyclic) bond motifs is 1. The first kappa shape index (κ1) is 14.4. The van der Waals surface area contributed by atoms with Crippen molar-refractivity contribution in [2.24, 2.45) is 5.73 Å². The molecule has 1 atom stereocenters. The van der Waals surface area contributed by atoms with Gasteiger partial charge in [0.1, 0.15) is 5.82 Å². The van der Waals surface area contributed by atoms with Gasteiger partial charge >= 0.3 is 0 Å². The van der Waals surface area contributed by atoms with Gasteiger partial charge in [-0.2, -0.15) is 0 Å². The third-order valence-electron chi connectivity index (χ3n) is 4.12. The van der Waals surface area contributed by atoms with Crippen LogP contribution in [0, 0.1) is 0 Å². The summed E-state index contributed by atoms with van der Waals surface area (Å²) in [6.45, 7) is 4.82. The van der Waals surface area contributed by atoms with Crippen molar-refractivity contribution in [3.8, 4) is 0 Å². The highest BCUT2D eigenvalue weighted by Crippen LogP contribution is 2.29. The molecule has 5 heteroatoms. The van der Waals surface area contributed by atoms with Crippen LogP contribution < -0.4 is 10.6 Å². The van der Waals surface area contributed by atoms with Crippen molar-refractivity contribution in [1.82, 2.24) is 9.55 Å². The highest BCUT2D eigenvalue weighted by molar-refractivity contribution is 6.33. The lowest BCUT2D eigenvalue weighted by molar-refractivity contribution is 0.560. The lowest BCUT2D eigenvalue weighted by Gasteiger charge is -2.30. The quantitative estimate of drug-likeness (QED) is 0.945. The molecule has 0 saturated heterocycles. The van der Waals surface area contributed by atoms with E-state index < -0.39 is 0 Å². The van der Waals surface area contributed by atoms with E-state index >= 15 is 0 Å². The first-order valence-corrected chi connectivity index (χ1v) is 7.84. The SMILES string of the molecule is CCC(N)Cc1ccc(N2CCn3ccnc3C2)c(Cl)c1. The van der Waals surface area contributed by atoms with Gasteiger partial charge < -0.3 is 15.2 Å². The molecule has 0 aliphatic carbocycles. The van der Waals surface area contributed by atoms with Gasteiger partial charge in [0.25, 0.3) is 0 Å². The van der Waals surface area contributed by atoms with Gasteiger partial charge in [0.15, 0.2) is 0 Å². The molecule has 2 N–H and O–H groups in total. The summed E-state index contributed by atoms with van der Waals surface area (Å²) < 4.78 is 2.19. The molecular weight excluding hydrogens is 284 g/mol. The van der Waals surface area contributed by atoms with Crippen molar-refractivity contribution in [1.29, 1.82) is 0 Å². The second-order valence-corrected chi connectivity index (χ2v) is 6.02. The van der Waals surface area contributed by atoms with Crippen molar-refractivity contribution in [2.75, 3.05) is 11.4 Å². The monoisotopic (exact) mass is 304 g/mol. The van der Waals surface area contributed by atoms with Gasteiger partial charge in [-0.05, 0) is 30.5 Å². The number of anilines is 1. The lowest BCUT2D eigenvalue weighted by Crippen LogP contribution is -2.33. The molecule has 21 heavy (non-hydrogen) atoms. The topological polar surface area (TPSA) is 47.1 Å². The van der Waals surface area contributed by atoms with Crippen LogP contribution >= 0.6 is 11.6 Å². The van der Waals surface area contributed by atoms with Crippen molar-refractivity contribution < 1.29 is 0 Å². The van der Waals surface area contributed by atoms with Crippen LogP contribution in [-0.2, 0) is 19.5 Å². The maximum absolute atomic E-state index is 6.48. The van der Waals surface area contributed by atoms with Crippen molar-refractivity contribution in [2.45, 2.75) is 38.9 Å². The summed E-state index contributed by atoms with van der Waals surface area (Å²) in [6.07, 6.45) is 5.74. The molecule has 1 aromatic heterocycles. The molecule has 0 spiro atoms. The standard InChI is InChI=1S/C16H21ClN4/c1-2-13(18)9-12-3-4-15(14(17)10-12)21-8-7-20-6-5-19-16(20)11-21/h3-6,10,13H,2,7-9,11,18H2,1H3. The van der Waals surface area contributed by atoms with Gasteiger partial charge in [-0.3, -0.25) is 0 Å². The fraction of sp³-hybridized carbons (Fsp3) is 0.438. The molecule has 0 bridgehead atoms. The molecule has 3 rings (SSSR count). The Morgan fingerprint density at radius 2 is 2.24 bits per heavy atom. The minimum Gasteiger partial charge on any atom is -0.361 e. The molecule has 1 aliphatic rings. The molecule has 2 heterocycles. The van der Waals surface area contributed by atoms with E-state index in [0.717, 1.165) is 49.0 Å². The molecule has 0 radical (unpaired) electrons. The number of hydrogen-bond acceptors (Lipinski definition) is 3. The molecule has 4 nitrogen and oxygen atoms in total. The highest BCUT2D eigenvalue weighted by atomic mass is 35.5. The summed E-state index contributed by atoms with van der Waals surface area (Å²) in [7, 11) is 0. The predicted molar refractivity (Wildman–Crippen MR) is 86.7 cm³/mol. The number of hydrogen-bond donors (Lipinski definition) is 1. The molecule has 1 aromatic carbocycles. The number of imidazole rings is 1. The Morgan fingerprint density at radius 1 is 1.38 bits per heavy atom. The minimum atomic E-state index is 0.203. The second kappa shape index (κ2) is 6.08. The molecule has 1 unspecified atom stereocenters. The molecular formula is C16H21ClN4. The zero-order chi connectivity index (χ0) is 14.8. The first-order chi connectivity index (χ1) is 10.2. The van der Waals surface area contributed by atoms with Crippen LogP contribution in [0.1, 0.15) is 24.7 Å². The summed E-state index contributed by atoms with van der Waals surface area (Å²) in [5.74, 6) is 1.09. The largest absolute Gasteiger partial charge is 0.361 e. The van der Waals surface area contributed by atoms with Gasteiger partial charge in [0, 0.05) is 31.5 Å². The summed E-state index contributed by atoms with van der Waals surface area (Å²) in [6, 6.07) is 6.50. The summed E-state index contributed by atoms with van der Waals surface area (Å²) in [4.78, 5) is 6.68. The Balaban J connectivity index is 1.77. The van der Waals surface area contributed by atoms with Gasteiger partial charge in [-0.1, -0.05) is 24.6 Å². The predicted octanol–water partition coefficient (Wildman–Crippen LogP) is 2.84. The van der Waals surface area contributed by atoms with Crippen LogP contribution in [0.4, 0.5) is 5.69 Å². The van der Waals surface area contributed by atoms with Crippen molar-refractivity contribution in [3.63, 3.8) is 0 Å². The number of benzene rings is 1.